The van der Waals surface area contributed by atoms with Crippen LogP contribution in [0.1, 0.15) is 39.1 Å². The van der Waals surface area contributed by atoms with Crippen molar-refractivity contribution in [1.82, 2.24) is 15.1 Å². The number of nitrogens with one attached hydrogen (secondary N) is 1. The minimum Gasteiger partial charge on any atom is -0.497 e. The molecule has 1 N–H and O–H groups in total. The van der Waals surface area contributed by atoms with Crippen LogP contribution in [0.5, 0.6) is 5.75 Å². The van der Waals surface area contributed by atoms with E-state index in [2.05, 4.69) is 15.5 Å². The summed E-state index contributed by atoms with van der Waals surface area (Å²) >= 11 is 1.23. The van der Waals surface area contributed by atoms with Gasteiger partial charge in [0.1, 0.15) is 16.6 Å². The van der Waals surface area contributed by atoms with Gasteiger partial charge in [-0.15, -0.1) is 10.2 Å². The van der Waals surface area contributed by atoms with E-state index in [9.17, 15) is 14.0 Å². The highest BCUT2D eigenvalue weighted by Crippen LogP contribution is 2.30. The van der Waals surface area contributed by atoms with Crippen LogP contribution < -0.4 is 10.1 Å². The van der Waals surface area contributed by atoms with Crippen LogP contribution in [0.2, 0.25) is 0 Å². The molecule has 7 nitrogen and oxygen atoms in total. The maximum absolute atomic E-state index is 13.0. The highest BCUT2D eigenvalue weighted by Gasteiger charge is 2.28. The summed E-state index contributed by atoms with van der Waals surface area (Å²) < 4.78 is 18.3. The van der Waals surface area contributed by atoms with Gasteiger partial charge in [0.25, 0.3) is 5.91 Å². The Balaban J connectivity index is 1.38. The van der Waals surface area contributed by atoms with Crippen molar-refractivity contribution in [3.05, 3.63) is 69.9 Å². The number of amides is 2. The zero-order valence-corrected chi connectivity index (χ0v) is 18.4. The van der Waals surface area contributed by atoms with E-state index in [4.69, 9.17) is 4.74 Å². The normalized spacial score (nSPS) is 15.9. The number of carbonyl (C=O) groups excluding carboxylic acids is 2. The molecule has 2 amide bonds. The molecule has 1 aromatic heterocycles. The molecule has 1 atom stereocenters. The van der Waals surface area contributed by atoms with E-state index in [1.165, 1.54) is 35.6 Å². The molecule has 1 aliphatic heterocycles. The molecule has 166 valence electrons. The summed E-state index contributed by atoms with van der Waals surface area (Å²) in [6, 6.07) is 13.0. The summed E-state index contributed by atoms with van der Waals surface area (Å²) in [5, 5.41) is 11.9. The summed E-state index contributed by atoms with van der Waals surface area (Å²) in [5.41, 5.74) is 1.40. The maximum atomic E-state index is 13.0. The minimum absolute atomic E-state index is 0.0443. The molecule has 0 spiro atoms. The molecule has 2 heterocycles. The minimum atomic E-state index is -0.387. The second-order valence-corrected chi connectivity index (χ2v) is 8.62. The Morgan fingerprint density at radius 2 is 2.03 bits per heavy atom. The van der Waals surface area contributed by atoms with Gasteiger partial charge >= 0.3 is 0 Å². The monoisotopic (exact) mass is 454 g/mol. The number of halogens is 1. The average Bonchev–Trinajstić information content (AvgIpc) is 3.31. The number of aromatic nitrogens is 2. The van der Waals surface area contributed by atoms with Crippen molar-refractivity contribution in [2.75, 3.05) is 25.5 Å². The van der Waals surface area contributed by atoms with Crippen molar-refractivity contribution in [3.8, 4) is 5.75 Å². The summed E-state index contributed by atoms with van der Waals surface area (Å²) in [6.07, 6.45) is 2.06. The van der Waals surface area contributed by atoms with E-state index in [0.717, 1.165) is 29.2 Å². The lowest BCUT2D eigenvalue weighted by Crippen LogP contribution is -2.39. The van der Waals surface area contributed by atoms with Crippen molar-refractivity contribution in [3.63, 3.8) is 0 Å². The third-order valence-electron chi connectivity index (χ3n) is 5.35. The van der Waals surface area contributed by atoms with Gasteiger partial charge in [-0.05, 0) is 54.8 Å². The Morgan fingerprint density at radius 3 is 2.81 bits per heavy atom. The quantitative estimate of drug-likeness (QED) is 0.611. The number of carbonyl (C=O) groups is 2. The lowest BCUT2D eigenvalue weighted by molar-refractivity contribution is -0.131. The van der Waals surface area contributed by atoms with Crippen LogP contribution in [0, 0.1) is 5.82 Å². The van der Waals surface area contributed by atoms with Crippen LogP contribution in [0.25, 0.3) is 0 Å². The van der Waals surface area contributed by atoms with Crippen LogP contribution >= 0.6 is 11.3 Å². The SMILES string of the molecule is COc1cccc(CC(=O)N2CCCC(c3nnc(C(=O)Nc4ccc(F)cc4)s3)C2)c1. The molecule has 1 saturated heterocycles. The Hall–Kier alpha value is -3.33. The van der Waals surface area contributed by atoms with Gasteiger partial charge in [0.05, 0.1) is 13.5 Å². The van der Waals surface area contributed by atoms with Crippen molar-refractivity contribution < 1.29 is 18.7 Å². The van der Waals surface area contributed by atoms with Crippen LogP contribution in [0.3, 0.4) is 0 Å². The van der Waals surface area contributed by atoms with Crippen LogP contribution in [-0.2, 0) is 11.2 Å². The second-order valence-electron chi connectivity index (χ2n) is 7.61. The van der Waals surface area contributed by atoms with Gasteiger partial charge in [-0.3, -0.25) is 9.59 Å². The van der Waals surface area contributed by atoms with E-state index in [1.54, 1.807) is 7.11 Å². The fourth-order valence-electron chi connectivity index (χ4n) is 3.68. The first-order chi connectivity index (χ1) is 15.5. The van der Waals surface area contributed by atoms with E-state index >= 15 is 0 Å². The van der Waals surface area contributed by atoms with Crippen LogP contribution in [-0.4, -0.2) is 47.1 Å². The zero-order valence-electron chi connectivity index (χ0n) is 17.6. The van der Waals surface area contributed by atoms with Crippen molar-refractivity contribution in [2.45, 2.75) is 25.2 Å². The highest BCUT2D eigenvalue weighted by molar-refractivity contribution is 7.13. The molecule has 2 aromatic carbocycles. The number of hydrogen-bond donors (Lipinski definition) is 1. The number of rotatable bonds is 6. The molecule has 1 fully saturated rings. The first-order valence-electron chi connectivity index (χ1n) is 10.3. The van der Waals surface area contributed by atoms with E-state index in [1.807, 2.05) is 29.2 Å². The molecular weight excluding hydrogens is 431 g/mol. The number of nitrogens with zero attached hydrogens (tertiary/aromatic N) is 3. The van der Waals surface area contributed by atoms with Gasteiger partial charge in [0.2, 0.25) is 10.9 Å². The lowest BCUT2D eigenvalue weighted by atomic mass is 9.98. The van der Waals surface area contributed by atoms with Crippen LogP contribution in [0.15, 0.2) is 48.5 Å². The van der Waals surface area contributed by atoms with E-state index in [-0.39, 0.29) is 28.6 Å². The predicted molar refractivity (Wildman–Crippen MR) is 120 cm³/mol. The van der Waals surface area contributed by atoms with Crippen molar-refractivity contribution in [1.29, 1.82) is 0 Å². The molecule has 4 rings (SSSR count). The standard InChI is InChI=1S/C23H23FN4O3S/c1-31-19-6-2-4-15(12-19)13-20(29)28-11-3-5-16(14-28)22-26-27-23(32-22)21(30)25-18-9-7-17(24)8-10-18/h2,4,6-10,12,16H,3,5,11,13-14H2,1H3,(H,25,30). The number of anilines is 1. The Kier molecular flexibility index (Phi) is 6.75. The molecule has 9 heteroatoms. The number of hydrogen-bond acceptors (Lipinski definition) is 6. The van der Waals surface area contributed by atoms with Gasteiger partial charge in [-0.2, -0.15) is 0 Å². The number of piperidine rings is 1. The maximum Gasteiger partial charge on any atom is 0.286 e. The van der Waals surface area contributed by atoms with Gasteiger partial charge < -0.3 is 15.0 Å². The first kappa shape index (κ1) is 21.9. The van der Waals surface area contributed by atoms with Gasteiger partial charge in [-0.1, -0.05) is 23.5 Å². The van der Waals surface area contributed by atoms with Gasteiger partial charge in [0.15, 0.2) is 0 Å². The Bertz CT molecular complexity index is 1100. The van der Waals surface area contributed by atoms with Crippen molar-refractivity contribution in [2.24, 2.45) is 0 Å². The number of ether oxygens (including phenoxy) is 1. The predicted octanol–water partition coefficient (Wildman–Crippen LogP) is 3.89. The van der Waals surface area contributed by atoms with Gasteiger partial charge in [-0.25, -0.2) is 4.39 Å². The van der Waals surface area contributed by atoms with Crippen molar-refractivity contribution >= 4 is 28.8 Å². The first-order valence-corrected chi connectivity index (χ1v) is 11.1. The third kappa shape index (κ3) is 5.28. The van der Waals surface area contributed by atoms with Gasteiger partial charge in [0, 0.05) is 24.7 Å². The molecule has 0 radical (unpaired) electrons. The third-order valence-corrected chi connectivity index (χ3v) is 6.43. The molecule has 0 bridgehead atoms. The fraction of sp³-hybridized carbons (Fsp3) is 0.304. The number of benzene rings is 2. The molecular formula is C23H23FN4O3S. The van der Waals surface area contributed by atoms with E-state index in [0.29, 0.717) is 25.2 Å². The topological polar surface area (TPSA) is 84.4 Å². The summed E-state index contributed by atoms with van der Waals surface area (Å²) in [4.78, 5) is 27.2. The smallest absolute Gasteiger partial charge is 0.286 e. The summed E-state index contributed by atoms with van der Waals surface area (Å²) in [7, 11) is 1.60. The molecule has 3 aromatic rings. The molecule has 0 saturated carbocycles. The average molecular weight is 455 g/mol. The zero-order chi connectivity index (χ0) is 22.5. The van der Waals surface area contributed by atoms with Crippen LogP contribution in [0.4, 0.5) is 10.1 Å². The van der Waals surface area contributed by atoms with E-state index < -0.39 is 0 Å². The molecule has 0 aliphatic carbocycles. The fourth-order valence-corrected chi connectivity index (χ4v) is 4.55. The summed E-state index contributed by atoms with van der Waals surface area (Å²) in [5.74, 6) is 0.0721. The summed E-state index contributed by atoms with van der Waals surface area (Å²) in [6.45, 7) is 1.26. The second kappa shape index (κ2) is 9.86. The largest absolute Gasteiger partial charge is 0.497 e. The molecule has 1 unspecified atom stereocenters. The number of likely N-dealkylation sites (tertiary alicyclic amines) is 1. The number of methoxy groups -OCH3 is 1. The highest BCUT2D eigenvalue weighted by atomic mass is 32.1. The molecule has 32 heavy (non-hydrogen) atoms. The Labute approximate surface area is 189 Å². The Morgan fingerprint density at radius 1 is 1.22 bits per heavy atom. The molecule has 1 aliphatic rings. The lowest BCUT2D eigenvalue weighted by Gasteiger charge is -2.31.